The van der Waals surface area contributed by atoms with E-state index in [1.54, 1.807) is 14.2 Å². The predicted molar refractivity (Wildman–Crippen MR) is 71.1 cm³/mol. The summed E-state index contributed by atoms with van der Waals surface area (Å²) >= 11 is 0. The van der Waals surface area contributed by atoms with Gasteiger partial charge in [-0.25, -0.2) is 0 Å². The highest BCUT2D eigenvalue weighted by molar-refractivity contribution is 5.77. The number of amides is 1. The van der Waals surface area contributed by atoms with Crippen molar-refractivity contribution in [3.05, 3.63) is 23.8 Å². The lowest BCUT2D eigenvalue weighted by Crippen LogP contribution is -2.29. The Kier molecular flexibility index (Phi) is 5.49. The molecular weight excluding hydrogens is 230 g/mol. The lowest BCUT2D eigenvalue weighted by molar-refractivity contribution is -0.123. The summed E-state index contributed by atoms with van der Waals surface area (Å²) in [6, 6.07) is 5.66. The normalized spacial score (nSPS) is 10.3. The van der Waals surface area contributed by atoms with E-state index in [9.17, 15) is 4.79 Å². The summed E-state index contributed by atoms with van der Waals surface area (Å²) in [5, 5.41) is 2.88. The maximum absolute atomic E-state index is 11.4. The van der Waals surface area contributed by atoms with Crippen molar-refractivity contribution in [3.8, 4) is 11.5 Å². The summed E-state index contributed by atoms with van der Waals surface area (Å²) < 4.78 is 10.5. The molecule has 4 nitrogen and oxygen atoms in total. The third-order valence-electron chi connectivity index (χ3n) is 2.71. The van der Waals surface area contributed by atoms with Crippen LogP contribution in [0, 0.1) is 5.92 Å². The highest BCUT2D eigenvalue weighted by atomic mass is 16.5. The average Bonchev–Trinajstić information content (AvgIpc) is 2.38. The van der Waals surface area contributed by atoms with Gasteiger partial charge < -0.3 is 14.8 Å². The van der Waals surface area contributed by atoms with Gasteiger partial charge in [0, 0.05) is 12.5 Å². The van der Waals surface area contributed by atoms with Crippen molar-refractivity contribution in [1.82, 2.24) is 5.32 Å². The molecule has 1 aromatic rings. The fourth-order valence-electron chi connectivity index (χ4n) is 1.60. The Hall–Kier alpha value is -1.71. The van der Waals surface area contributed by atoms with Crippen LogP contribution in [0.1, 0.15) is 19.4 Å². The Bertz CT molecular complexity index is 402. The standard InChI is InChI=1S/C14H21NO3/c1-10(2)14(16)15-8-7-11-9-12(17-3)5-6-13(11)18-4/h5-6,9-10H,7-8H2,1-4H3,(H,15,16). The van der Waals surface area contributed by atoms with Crippen molar-refractivity contribution in [2.45, 2.75) is 20.3 Å². The van der Waals surface area contributed by atoms with E-state index in [2.05, 4.69) is 5.32 Å². The fourth-order valence-corrected chi connectivity index (χ4v) is 1.60. The second-order valence-corrected chi connectivity index (χ2v) is 4.37. The molecule has 0 fully saturated rings. The maximum atomic E-state index is 11.4. The van der Waals surface area contributed by atoms with Gasteiger partial charge in [-0.15, -0.1) is 0 Å². The maximum Gasteiger partial charge on any atom is 0.222 e. The van der Waals surface area contributed by atoms with Crippen LogP contribution in [0.5, 0.6) is 11.5 Å². The van der Waals surface area contributed by atoms with Gasteiger partial charge in [-0.05, 0) is 30.2 Å². The minimum atomic E-state index is 0.0113. The van der Waals surface area contributed by atoms with Crippen molar-refractivity contribution < 1.29 is 14.3 Å². The van der Waals surface area contributed by atoms with Crippen LogP contribution in [0.2, 0.25) is 0 Å². The van der Waals surface area contributed by atoms with E-state index in [0.717, 1.165) is 23.5 Å². The van der Waals surface area contributed by atoms with E-state index in [1.165, 1.54) is 0 Å². The molecule has 0 aliphatic carbocycles. The molecule has 0 spiro atoms. The largest absolute Gasteiger partial charge is 0.497 e. The summed E-state index contributed by atoms with van der Waals surface area (Å²) in [4.78, 5) is 11.4. The van der Waals surface area contributed by atoms with Gasteiger partial charge in [-0.3, -0.25) is 4.79 Å². The van der Waals surface area contributed by atoms with Crippen molar-refractivity contribution in [1.29, 1.82) is 0 Å². The first-order chi connectivity index (χ1) is 8.58. The van der Waals surface area contributed by atoms with Gasteiger partial charge in [0.25, 0.3) is 0 Å². The number of benzene rings is 1. The molecule has 0 aliphatic heterocycles. The van der Waals surface area contributed by atoms with E-state index in [4.69, 9.17) is 9.47 Å². The van der Waals surface area contributed by atoms with E-state index >= 15 is 0 Å². The Morgan fingerprint density at radius 1 is 1.28 bits per heavy atom. The number of carbonyl (C=O) groups is 1. The molecule has 1 N–H and O–H groups in total. The molecule has 100 valence electrons. The molecule has 0 unspecified atom stereocenters. The first kappa shape index (κ1) is 14.4. The molecule has 0 radical (unpaired) electrons. The number of carbonyl (C=O) groups excluding carboxylic acids is 1. The molecule has 0 aromatic heterocycles. The highest BCUT2D eigenvalue weighted by Gasteiger charge is 2.08. The molecule has 0 saturated heterocycles. The van der Waals surface area contributed by atoms with Crippen molar-refractivity contribution >= 4 is 5.91 Å². The monoisotopic (exact) mass is 251 g/mol. The molecule has 0 aliphatic rings. The zero-order chi connectivity index (χ0) is 13.5. The molecular formula is C14H21NO3. The Labute approximate surface area is 108 Å². The minimum absolute atomic E-state index is 0.0113. The molecule has 0 saturated carbocycles. The third kappa shape index (κ3) is 3.95. The Morgan fingerprint density at radius 2 is 2.00 bits per heavy atom. The van der Waals surface area contributed by atoms with Gasteiger partial charge >= 0.3 is 0 Å². The summed E-state index contributed by atoms with van der Waals surface area (Å²) in [5.41, 5.74) is 1.03. The summed E-state index contributed by atoms with van der Waals surface area (Å²) in [7, 11) is 3.27. The summed E-state index contributed by atoms with van der Waals surface area (Å²) in [6.45, 7) is 4.35. The first-order valence-corrected chi connectivity index (χ1v) is 6.07. The smallest absolute Gasteiger partial charge is 0.222 e. The SMILES string of the molecule is COc1ccc(OC)c(CCNC(=O)C(C)C)c1. The van der Waals surface area contributed by atoms with E-state index < -0.39 is 0 Å². The number of rotatable bonds is 6. The first-order valence-electron chi connectivity index (χ1n) is 6.07. The van der Waals surface area contributed by atoms with Crippen molar-refractivity contribution in [2.24, 2.45) is 5.92 Å². The van der Waals surface area contributed by atoms with Crippen LogP contribution in [-0.2, 0) is 11.2 Å². The van der Waals surface area contributed by atoms with E-state index in [0.29, 0.717) is 6.54 Å². The van der Waals surface area contributed by atoms with Crippen LogP contribution in [-0.4, -0.2) is 26.7 Å². The molecule has 0 atom stereocenters. The van der Waals surface area contributed by atoms with Gasteiger partial charge in [0.2, 0.25) is 5.91 Å². The molecule has 0 heterocycles. The molecule has 0 bridgehead atoms. The van der Waals surface area contributed by atoms with Gasteiger partial charge in [-0.1, -0.05) is 13.8 Å². The van der Waals surface area contributed by atoms with Crippen LogP contribution in [0.25, 0.3) is 0 Å². The number of hydrogen-bond donors (Lipinski definition) is 1. The van der Waals surface area contributed by atoms with Crippen LogP contribution in [0.15, 0.2) is 18.2 Å². The Morgan fingerprint density at radius 3 is 2.56 bits per heavy atom. The van der Waals surface area contributed by atoms with E-state index in [1.807, 2.05) is 32.0 Å². The number of hydrogen-bond acceptors (Lipinski definition) is 3. The number of nitrogens with one attached hydrogen (secondary N) is 1. The van der Waals surface area contributed by atoms with Crippen molar-refractivity contribution in [2.75, 3.05) is 20.8 Å². The van der Waals surface area contributed by atoms with Gasteiger partial charge in [0.1, 0.15) is 11.5 Å². The molecule has 1 rings (SSSR count). The minimum Gasteiger partial charge on any atom is -0.497 e. The van der Waals surface area contributed by atoms with E-state index in [-0.39, 0.29) is 11.8 Å². The topological polar surface area (TPSA) is 47.6 Å². The Balaban J connectivity index is 2.62. The molecule has 1 amide bonds. The summed E-state index contributed by atoms with van der Waals surface area (Å²) in [6.07, 6.45) is 0.721. The van der Waals surface area contributed by atoms with Gasteiger partial charge in [0.05, 0.1) is 14.2 Å². The quantitative estimate of drug-likeness (QED) is 0.841. The van der Waals surface area contributed by atoms with Crippen LogP contribution in [0.3, 0.4) is 0 Å². The molecule has 1 aromatic carbocycles. The third-order valence-corrected chi connectivity index (χ3v) is 2.71. The van der Waals surface area contributed by atoms with Gasteiger partial charge in [-0.2, -0.15) is 0 Å². The number of methoxy groups -OCH3 is 2. The molecule has 18 heavy (non-hydrogen) atoms. The van der Waals surface area contributed by atoms with Gasteiger partial charge in [0.15, 0.2) is 0 Å². The highest BCUT2D eigenvalue weighted by Crippen LogP contribution is 2.24. The zero-order valence-electron chi connectivity index (χ0n) is 11.4. The fraction of sp³-hybridized carbons (Fsp3) is 0.500. The lowest BCUT2D eigenvalue weighted by Gasteiger charge is -2.11. The second-order valence-electron chi connectivity index (χ2n) is 4.37. The zero-order valence-corrected chi connectivity index (χ0v) is 11.4. The second kappa shape index (κ2) is 6.89. The summed E-state index contributed by atoms with van der Waals surface area (Å²) in [5.74, 6) is 1.68. The average molecular weight is 251 g/mol. The lowest BCUT2D eigenvalue weighted by atomic mass is 10.1. The van der Waals surface area contributed by atoms with Crippen LogP contribution < -0.4 is 14.8 Å². The molecule has 4 heteroatoms. The van der Waals surface area contributed by atoms with Crippen molar-refractivity contribution in [3.63, 3.8) is 0 Å². The predicted octanol–water partition coefficient (Wildman–Crippen LogP) is 2.02. The van der Waals surface area contributed by atoms with Crippen LogP contribution in [0.4, 0.5) is 0 Å². The van der Waals surface area contributed by atoms with Crippen LogP contribution >= 0.6 is 0 Å². The number of ether oxygens (including phenoxy) is 2.